The van der Waals surface area contributed by atoms with Crippen LogP contribution in [0.25, 0.3) is 10.4 Å². The second-order valence-electron chi connectivity index (χ2n) is 5.14. The van der Waals surface area contributed by atoms with Gasteiger partial charge in [-0.2, -0.15) is 0 Å². The van der Waals surface area contributed by atoms with Crippen molar-refractivity contribution in [2.75, 3.05) is 14.2 Å². The van der Waals surface area contributed by atoms with Gasteiger partial charge in [0.25, 0.3) is 0 Å². The van der Waals surface area contributed by atoms with Gasteiger partial charge in [0.15, 0.2) is 0 Å². The lowest BCUT2D eigenvalue weighted by Crippen LogP contribution is -2.29. The Bertz CT molecular complexity index is 664. The highest BCUT2D eigenvalue weighted by Gasteiger charge is 2.19. The summed E-state index contributed by atoms with van der Waals surface area (Å²) in [4.78, 5) is 2.94. The van der Waals surface area contributed by atoms with Crippen LogP contribution in [0, 0.1) is 0 Å². The summed E-state index contributed by atoms with van der Waals surface area (Å²) >= 11 is 0. The van der Waals surface area contributed by atoms with Gasteiger partial charge in [0.2, 0.25) is 0 Å². The smallest absolute Gasteiger partial charge is 0.118 e. The van der Waals surface area contributed by atoms with Gasteiger partial charge in [-0.05, 0) is 47.3 Å². The van der Waals surface area contributed by atoms with Crippen LogP contribution in [0.5, 0.6) is 11.5 Å². The van der Waals surface area contributed by atoms with Crippen molar-refractivity contribution in [3.8, 4) is 11.5 Å². The first-order valence-corrected chi connectivity index (χ1v) is 7.24. The van der Waals surface area contributed by atoms with E-state index in [1.807, 2.05) is 48.5 Å². The molecule has 120 valence electrons. The van der Waals surface area contributed by atoms with E-state index in [4.69, 9.17) is 20.7 Å². The van der Waals surface area contributed by atoms with Crippen LogP contribution in [0.1, 0.15) is 17.2 Å². The second-order valence-corrected chi connectivity index (χ2v) is 5.14. The molecule has 2 N–H and O–H groups in total. The van der Waals surface area contributed by atoms with E-state index in [9.17, 15) is 0 Å². The molecule has 2 unspecified atom stereocenters. The molecule has 2 rings (SSSR count). The highest BCUT2D eigenvalue weighted by molar-refractivity contribution is 5.31. The quantitative estimate of drug-likeness (QED) is 0.480. The third-order valence-electron chi connectivity index (χ3n) is 3.67. The molecule has 0 aliphatic carbocycles. The highest BCUT2D eigenvalue weighted by atomic mass is 16.5. The van der Waals surface area contributed by atoms with Crippen molar-refractivity contribution < 1.29 is 9.47 Å². The molecular weight excluding hydrogens is 292 g/mol. The predicted molar refractivity (Wildman–Crippen MR) is 89.6 cm³/mol. The molecule has 0 aromatic heterocycles. The first-order chi connectivity index (χ1) is 11.2. The molecule has 23 heavy (non-hydrogen) atoms. The number of ether oxygens (including phenoxy) is 2. The van der Waals surface area contributed by atoms with Crippen LogP contribution in [-0.2, 0) is 6.42 Å². The minimum absolute atomic E-state index is 0.326. The summed E-state index contributed by atoms with van der Waals surface area (Å²) in [7, 11) is 3.23. The van der Waals surface area contributed by atoms with Gasteiger partial charge in [-0.1, -0.05) is 29.4 Å². The Labute approximate surface area is 135 Å². The lowest BCUT2D eigenvalue weighted by atomic mass is 9.95. The highest BCUT2D eigenvalue weighted by Crippen LogP contribution is 2.25. The number of hydrogen-bond acceptors (Lipinski definition) is 4. The SMILES string of the molecule is COc1ccc(CC(N)C(N=[N+]=[N-])c2ccc(OC)cc2)cc1. The van der Waals surface area contributed by atoms with Crippen molar-refractivity contribution in [3.63, 3.8) is 0 Å². The van der Waals surface area contributed by atoms with Crippen LogP contribution in [-0.4, -0.2) is 20.3 Å². The van der Waals surface area contributed by atoms with Crippen molar-refractivity contribution >= 4 is 0 Å². The maximum atomic E-state index is 8.84. The molecule has 2 aromatic rings. The van der Waals surface area contributed by atoms with Crippen molar-refractivity contribution in [1.82, 2.24) is 0 Å². The van der Waals surface area contributed by atoms with E-state index in [1.165, 1.54) is 0 Å². The molecule has 0 spiro atoms. The number of nitrogens with two attached hydrogens (primary N) is 1. The molecule has 6 heteroatoms. The summed E-state index contributed by atoms with van der Waals surface area (Å²) < 4.78 is 10.3. The van der Waals surface area contributed by atoms with Gasteiger partial charge in [-0.15, -0.1) is 0 Å². The zero-order valence-corrected chi connectivity index (χ0v) is 13.2. The van der Waals surface area contributed by atoms with E-state index in [0.717, 1.165) is 22.6 Å². The molecule has 2 atom stereocenters. The first kappa shape index (κ1) is 16.7. The summed E-state index contributed by atoms with van der Waals surface area (Å²) in [6, 6.07) is 14.3. The van der Waals surface area contributed by atoms with Crippen LogP contribution in [0.2, 0.25) is 0 Å². The summed E-state index contributed by atoms with van der Waals surface area (Å²) in [5.74, 6) is 1.54. The number of rotatable bonds is 7. The zero-order chi connectivity index (χ0) is 16.7. The zero-order valence-electron chi connectivity index (χ0n) is 13.2. The number of azide groups is 1. The van der Waals surface area contributed by atoms with E-state index < -0.39 is 6.04 Å². The van der Waals surface area contributed by atoms with Gasteiger partial charge >= 0.3 is 0 Å². The largest absolute Gasteiger partial charge is 0.497 e. The fraction of sp³-hybridized carbons (Fsp3) is 0.294. The Morgan fingerprint density at radius 1 is 1.00 bits per heavy atom. The molecule has 0 radical (unpaired) electrons. The Balaban J connectivity index is 2.16. The third-order valence-corrected chi connectivity index (χ3v) is 3.67. The number of hydrogen-bond donors (Lipinski definition) is 1. The average Bonchev–Trinajstić information content (AvgIpc) is 2.60. The van der Waals surface area contributed by atoms with E-state index in [0.29, 0.717) is 6.42 Å². The molecule has 0 aliphatic heterocycles. The van der Waals surface area contributed by atoms with Crippen molar-refractivity contribution in [2.24, 2.45) is 10.8 Å². The minimum Gasteiger partial charge on any atom is -0.497 e. The Hall–Kier alpha value is -2.69. The van der Waals surface area contributed by atoms with E-state index in [2.05, 4.69) is 10.0 Å². The van der Waals surface area contributed by atoms with E-state index in [-0.39, 0.29) is 6.04 Å². The molecular formula is C17H20N4O2. The fourth-order valence-corrected chi connectivity index (χ4v) is 2.40. The number of benzene rings is 2. The molecule has 6 nitrogen and oxygen atoms in total. The Morgan fingerprint density at radius 3 is 2.00 bits per heavy atom. The van der Waals surface area contributed by atoms with E-state index >= 15 is 0 Å². The maximum absolute atomic E-state index is 8.84. The molecule has 0 amide bonds. The van der Waals surface area contributed by atoms with Crippen molar-refractivity contribution in [2.45, 2.75) is 18.5 Å². The Morgan fingerprint density at radius 2 is 1.52 bits per heavy atom. The maximum Gasteiger partial charge on any atom is 0.118 e. The van der Waals surface area contributed by atoms with E-state index in [1.54, 1.807) is 14.2 Å². The van der Waals surface area contributed by atoms with Crippen LogP contribution < -0.4 is 15.2 Å². The number of nitrogens with zero attached hydrogens (tertiary/aromatic N) is 3. The summed E-state index contributed by atoms with van der Waals surface area (Å²) in [5.41, 5.74) is 17.1. The molecule has 2 aromatic carbocycles. The third kappa shape index (κ3) is 4.39. The lowest BCUT2D eigenvalue weighted by molar-refractivity contribution is 0.414. The monoisotopic (exact) mass is 312 g/mol. The standard InChI is InChI=1S/C17H20N4O2/c1-22-14-7-3-12(4-8-14)11-16(18)17(20-21-19)13-5-9-15(23-2)10-6-13/h3-10,16-17H,11,18H2,1-2H3. The predicted octanol–water partition coefficient (Wildman–Crippen LogP) is 3.63. The van der Waals surface area contributed by atoms with Crippen molar-refractivity contribution in [3.05, 3.63) is 70.1 Å². The molecule has 0 aliphatic rings. The fourth-order valence-electron chi connectivity index (χ4n) is 2.40. The van der Waals surface area contributed by atoms with Gasteiger partial charge in [0.1, 0.15) is 11.5 Å². The normalized spacial score (nSPS) is 12.8. The van der Waals surface area contributed by atoms with Crippen LogP contribution in [0.3, 0.4) is 0 Å². The van der Waals surface area contributed by atoms with Gasteiger partial charge in [-0.25, -0.2) is 0 Å². The molecule has 0 saturated carbocycles. The van der Waals surface area contributed by atoms with Crippen LogP contribution in [0.4, 0.5) is 0 Å². The molecule has 0 bridgehead atoms. The molecule has 0 saturated heterocycles. The number of methoxy groups -OCH3 is 2. The van der Waals surface area contributed by atoms with Crippen LogP contribution in [0.15, 0.2) is 53.6 Å². The average molecular weight is 312 g/mol. The summed E-state index contributed by atoms with van der Waals surface area (Å²) in [6.07, 6.45) is 0.597. The van der Waals surface area contributed by atoms with Gasteiger partial charge in [0.05, 0.1) is 20.3 Å². The van der Waals surface area contributed by atoms with Gasteiger partial charge in [0, 0.05) is 11.0 Å². The van der Waals surface area contributed by atoms with Gasteiger partial charge < -0.3 is 15.2 Å². The molecule has 0 heterocycles. The Kier molecular flexibility index (Phi) is 5.86. The molecule has 0 fully saturated rings. The second kappa shape index (κ2) is 8.08. The van der Waals surface area contributed by atoms with Crippen LogP contribution >= 0.6 is 0 Å². The van der Waals surface area contributed by atoms with Crippen molar-refractivity contribution in [1.29, 1.82) is 0 Å². The summed E-state index contributed by atoms with van der Waals surface area (Å²) in [6.45, 7) is 0. The first-order valence-electron chi connectivity index (χ1n) is 7.24. The minimum atomic E-state index is -0.437. The lowest BCUT2D eigenvalue weighted by Gasteiger charge is -2.20. The summed E-state index contributed by atoms with van der Waals surface area (Å²) in [5, 5.41) is 3.87. The van der Waals surface area contributed by atoms with Gasteiger partial charge in [-0.3, -0.25) is 0 Å². The topological polar surface area (TPSA) is 93.2 Å².